The summed E-state index contributed by atoms with van der Waals surface area (Å²) >= 11 is 0. The molecule has 1 heteroatoms. The highest BCUT2D eigenvalue weighted by Crippen LogP contribution is 2.38. The summed E-state index contributed by atoms with van der Waals surface area (Å²) in [6, 6.07) is 0. The van der Waals surface area contributed by atoms with Gasteiger partial charge in [0.1, 0.15) is 0 Å². The summed E-state index contributed by atoms with van der Waals surface area (Å²) in [4.78, 5) is 0. The Hall–Kier alpha value is -1.24. The van der Waals surface area contributed by atoms with Crippen LogP contribution in [0.5, 0.6) is 0 Å². The molecule has 1 saturated carbocycles. The molecule has 2 rings (SSSR count). The molecule has 0 spiro atoms. The fraction of sp³-hybridized carbons (Fsp3) is 0.652. The fourth-order valence-electron chi connectivity index (χ4n) is 4.15. The minimum absolute atomic E-state index is 0.546. The Bertz CT molecular complexity index is 549. The van der Waals surface area contributed by atoms with E-state index in [-0.39, 0.29) is 0 Å². The van der Waals surface area contributed by atoms with Gasteiger partial charge in [-0.2, -0.15) is 0 Å². The maximum absolute atomic E-state index is 4.37. The van der Waals surface area contributed by atoms with Gasteiger partial charge < -0.3 is 5.32 Å². The van der Waals surface area contributed by atoms with E-state index < -0.39 is 0 Å². The molecule has 2 aliphatic carbocycles. The normalized spacial score (nSPS) is 28.2. The summed E-state index contributed by atoms with van der Waals surface area (Å²) in [7, 11) is 0. The molecule has 0 radical (unpaired) electrons. The Kier molecular flexibility index (Phi) is 6.17. The first kappa shape index (κ1) is 19.1. The average Bonchev–Trinajstić information content (AvgIpc) is 2.54. The molecule has 24 heavy (non-hydrogen) atoms. The lowest BCUT2D eigenvalue weighted by Gasteiger charge is -2.35. The number of hydrogen-bond acceptors (Lipinski definition) is 1. The molecule has 0 heterocycles. The number of hydrogen-bond donors (Lipinski definition) is 1. The van der Waals surface area contributed by atoms with Gasteiger partial charge in [0.15, 0.2) is 0 Å². The second-order valence-electron chi connectivity index (χ2n) is 8.77. The standard InChI is InChI=1S/C23H37N/c1-8-21(22-17(3)10-9-16(2)18(22)4)19(5)24-15-20-11-13-23(6,7)14-12-20/h8-10,16,18,20,24H,5,11-15H2,1-4,6-7H3/b21-8-. The third-order valence-corrected chi connectivity index (χ3v) is 6.29. The Morgan fingerprint density at radius 2 is 1.92 bits per heavy atom. The van der Waals surface area contributed by atoms with Crippen LogP contribution in [0.4, 0.5) is 0 Å². The predicted octanol–water partition coefficient (Wildman–Crippen LogP) is 6.41. The van der Waals surface area contributed by atoms with Crippen LogP contribution in [-0.4, -0.2) is 6.54 Å². The lowest BCUT2D eigenvalue weighted by atomic mass is 9.73. The van der Waals surface area contributed by atoms with E-state index >= 15 is 0 Å². The molecule has 2 atom stereocenters. The van der Waals surface area contributed by atoms with Crippen molar-refractivity contribution >= 4 is 0 Å². The molecule has 0 amide bonds. The van der Waals surface area contributed by atoms with Gasteiger partial charge >= 0.3 is 0 Å². The van der Waals surface area contributed by atoms with Crippen LogP contribution >= 0.6 is 0 Å². The van der Waals surface area contributed by atoms with Crippen molar-refractivity contribution in [3.63, 3.8) is 0 Å². The van der Waals surface area contributed by atoms with E-state index in [0.29, 0.717) is 17.3 Å². The Labute approximate surface area is 150 Å². The lowest BCUT2D eigenvalue weighted by Crippen LogP contribution is -2.29. The molecule has 2 unspecified atom stereocenters. The van der Waals surface area contributed by atoms with Gasteiger partial charge in [-0.15, -0.1) is 0 Å². The Morgan fingerprint density at radius 3 is 2.50 bits per heavy atom. The summed E-state index contributed by atoms with van der Waals surface area (Å²) in [6.45, 7) is 19.3. The second kappa shape index (κ2) is 7.76. The lowest BCUT2D eigenvalue weighted by molar-refractivity contribution is 0.191. The molecule has 0 aromatic rings. The van der Waals surface area contributed by atoms with Crippen molar-refractivity contribution in [1.29, 1.82) is 0 Å². The van der Waals surface area contributed by atoms with Crippen LogP contribution in [0.3, 0.4) is 0 Å². The molecule has 0 aromatic carbocycles. The summed E-state index contributed by atoms with van der Waals surface area (Å²) in [6.07, 6.45) is 12.2. The zero-order chi connectivity index (χ0) is 17.9. The van der Waals surface area contributed by atoms with E-state index in [1.165, 1.54) is 42.4 Å². The SMILES string of the molecule is C=C(NCC1CCC(C)(C)CC1)/C(=C/C)C1=C(C)C=CC(C)C1C. The van der Waals surface area contributed by atoms with Gasteiger partial charge in [-0.25, -0.2) is 0 Å². The number of rotatable bonds is 5. The van der Waals surface area contributed by atoms with Crippen molar-refractivity contribution in [2.24, 2.45) is 23.2 Å². The molecular formula is C23H37N. The smallest absolute Gasteiger partial charge is 0.0340 e. The van der Waals surface area contributed by atoms with Crippen LogP contribution in [0.15, 0.2) is 47.2 Å². The van der Waals surface area contributed by atoms with Gasteiger partial charge in [0.25, 0.3) is 0 Å². The summed E-state index contributed by atoms with van der Waals surface area (Å²) < 4.78 is 0. The van der Waals surface area contributed by atoms with Crippen molar-refractivity contribution in [1.82, 2.24) is 5.32 Å². The van der Waals surface area contributed by atoms with Gasteiger partial charge in [0.2, 0.25) is 0 Å². The average molecular weight is 328 g/mol. The maximum Gasteiger partial charge on any atom is 0.0340 e. The number of nitrogens with one attached hydrogen (secondary N) is 1. The molecule has 0 aromatic heterocycles. The largest absolute Gasteiger partial charge is 0.385 e. The number of allylic oxidation sites excluding steroid dienone is 5. The summed E-state index contributed by atoms with van der Waals surface area (Å²) in [5.41, 5.74) is 5.81. The third kappa shape index (κ3) is 4.43. The van der Waals surface area contributed by atoms with Crippen molar-refractivity contribution in [2.45, 2.75) is 67.2 Å². The Balaban J connectivity index is 1.99. The molecule has 1 fully saturated rings. The molecule has 0 aliphatic heterocycles. The Morgan fingerprint density at radius 1 is 1.29 bits per heavy atom. The van der Waals surface area contributed by atoms with Crippen LogP contribution in [0.2, 0.25) is 0 Å². The molecular weight excluding hydrogens is 290 g/mol. The first-order valence-electron chi connectivity index (χ1n) is 9.74. The van der Waals surface area contributed by atoms with Crippen LogP contribution in [0.1, 0.15) is 67.2 Å². The van der Waals surface area contributed by atoms with Crippen LogP contribution in [0, 0.1) is 23.2 Å². The van der Waals surface area contributed by atoms with Gasteiger partial charge in [0.05, 0.1) is 0 Å². The van der Waals surface area contributed by atoms with Crippen LogP contribution < -0.4 is 5.32 Å². The highest BCUT2D eigenvalue weighted by atomic mass is 14.9. The van der Waals surface area contributed by atoms with Gasteiger partial charge in [0, 0.05) is 12.2 Å². The molecule has 1 nitrogen and oxygen atoms in total. The van der Waals surface area contributed by atoms with E-state index in [1.807, 2.05) is 0 Å². The zero-order valence-corrected chi connectivity index (χ0v) is 16.7. The summed E-state index contributed by atoms with van der Waals surface area (Å²) in [5, 5.41) is 3.66. The van der Waals surface area contributed by atoms with E-state index in [1.54, 1.807) is 0 Å². The molecule has 1 N–H and O–H groups in total. The zero-order valence-electron chi connectivity index (χ0n) is 16.7. The first-order valence-corrected chi connectivity index (χ1v) is 9.74. The quantitative estimate of drug-likeness (QED) is 0.575. The van der Waals surface area contributed by atoms with E-state index in [9.17, 15) is 0 Å². The van der Waals surface area contributed by atoms with Gasteiger partial charge in [-0.05, 0) is 79.4 Å². The first-order chi connectivity index (χ1) is 11.2. The van der Waals surface area contributed by atoms with Crippen molar-refractivity contribution in [3.05, 3.63) is 47.2 Å². The van der Waals surface area contributed by atoms with Crippen molar-refractivity contribution in [3.8, 4) is 0 Å². The highest BCUT2D eigenvalue weighted by molar-refractivity contribution is 5.51. The topological polar surface area (TPSA) is 12.0 Å². The van der Waals surface area contributed by atoms with E-state index in [2.05, 4.69) is 71.7 Å². The fourth-order valence-corrected chi connectivity index (χ4v) is 4.15. The van der Waals surface area contributed by atoms with Crippen molar-refractivity contribution in [2.75, 3.05) is 6.54 Å². The van der Waals surface area contributed by atoms with Crippen LogP contribution in [-0.2, 0) is 0 Å². The highest BCUT2D eigenvalue weighted by Gasteiger charge is 2.27. The van der Waals surface area contributed by atoms with E-state index in [0.717, 1.165) is 18.2 Å². The third-order valence-electron chi connectivity index (χ3n) is 6.29. The molecule has 0 bridgehead atoms. The minimum atomic E-state index is 0.546. The van der Waals surface area contributed by atoms with E-state index in [4.69, 9.17) is 0 Å². The van der Waals surface area contributed by atoms with Crippen LogP contribution in [0.25, 0.3) is 0 Å². The van der Waals surface area contributed by atoms with Crippen molar-refractivity contribution < 1.29 is 0 Å². The molecule has 2 aliphatic rings. The van der Waals surface area contributed by atoms with Gasteiger partial charge in [-0.1, -0.05) is 52.5 Å². The minimum Gasteiger partial charge on any atom is -0.385 e. The molecule has 0 saturated heterocycles. The second-order valence-corrected chi connectivity index (χ2v) is 8.77. The maximum atomic E-state index is 4.37. The summed E-state index contributed by atoms with van der Waals surface area (Å²) in [5.74, 6) is 1.94. The molecule has 134 valence electrons. The van der Waals surface area contributed by atoms with Gasteiger partial charge in [-0.3, -0.25) is 0 Å². The monoisotopic (exact) mass is 327 g/mol. The predicted molar refractivity (Wildman–Crippen MR) is 107 cm³/mol.